The first-order valence-electron chi connectivity index (χ1n) is 7.24. The van der Waals surface area contributed by atoms with E-state index in [1.165, 1.54) is 32.8 Å². The van der Waals surface area contributed by atoms with Gasteiger partial charge in [-0.15, -0.1) is 0 Å². The molecule has 0 fully saturated rings. The minimum atomic E-state index is -3.49. The van der Waals surface area contributed by atoms with Crippen molar-refractivity contribution in [3.05, 3.63) is 59.0 Å². The van der Waals surface area contributed by atoms with Crippen LogP contribution in [0.25, 0.3) is 6.08 Å². The van der Waals surface area contributed by atoms with E-state index in [1.807, 2.05) is 0 Å². The van der Waals surface area contributed by atoms with Gasteiger partial charge >= 0.3 is 0 Å². The monoisotopic (exact) mass is 348 g/mol. The van der Waals surface area contributed by atoms with Gasteiger partial charge < -0.3 is 14.2 Å². The highest BCUT2D eigenvalue weighted by Gasteiger charge is 2.13. The second kappa shape index (κ2) is 7.88. The van der Waals surface area contributed by atoms with Crippen LogP contribution in [0.4, 0.5) is 0 Å². The SMILES string of the molecule is COc1ccccc1CS(=O)(=O)C=Cc1c(OC)cccc1OC. The van der Waals surface area contributed by atoms with Gasteiger partial charge in [0.1, 0.15) is 17.2 Å². The van der Waals surface area contributed by atoms with Crippen molar-refractivity contribution in [2.24, 2.45) is 0 Å². The summed E-state index contributed by atoms with van der Waals surface area (Å²) in [6, 6.07) is 12.3. The molecule has 2 aromatic carbocycles. The zero-order valence-electron chi connectivity index (χ0n) is 13.9. The van der Waals surface area contributed by atoms with E-state index in [9.17, 15) is 8.42 Å². The maximum atomic E-state index is 12.4. The van der Waals surface area contributed by atoms with E-state index < -0.39 is 9.84 Å². The van der Waals surface area contributed by atoms with E-state index >= 15 is 0 Å². The molecule has 0 amide bonds. The number of methoxy groups -OCH3 is 3. The average molecular weight is 348 g/mol. The molecule has 0 spiro atoms. The summed E-state index contributed by atoms with van der Waals surface area (Å²) in [7, 11) is 1.07. The van der Waals surface area contributed by atoms with Crippen LogP contribution in [0.2, 0.25) is 0 Å². The van der Waals surface area contributed by atoms with Crippen molar-refractivity contribution in [1.29, 1.82) is 0 Å². The van der Waals surface area contributed by atoms with E-state index in [0.717, 1.165) is 0 Å². The molecule has 0 N–H and O–H groups in total. The molecule has 0 bridgehead atoms. The summed E-state index contributed by atoms with van der Waals surface area (Å²) in [5.41, 5.74) is 1.18. The molecule has 0 aliphatic heterocycles. The molecule has 0 aliphatic rings. The number of hydrogen-bond donors (Lipinski definition) is 0. The molecule has 0 unspecified atom stereocenters. The first-order valence-corrected chi connectivity index (χ1v) is 8.96. The van der Waals surface area contributed by atoms with E-state index in [1.54, 1.807) is 42.5 Å². The highest BCUT2D eigenvalue weighted by molar-refractivity contribution is 7.93. The van der Waals surface area contributed by atoms with Crippen LogP contribution in [-0.2, 0) is 15.6 Å². The lowest BCUT2D eigenvalue weighted by molar-refractivity contribution is 0.392. The van der Waals surface area contributed by atoms with E-state index in [0.29, 0.717) is 28.4 Å². The summed E-state index contributed by atoms with van der Waals surface area (Å²) >= 11 is 0. The van der Waals surface area contributed by atoms with Gasteiger partial charge in [0, 0.05) is 11.0 Å². The Hall–Kier alpha value is -2.47. The van der Waals surface area contributed by atoms with Crippen LogP contribution in [-0.4, -0.2) is 29.7 Å². The molecule has 0 atom stereocenters. The lowest BCUT2D eigenvalue weighted by Crippen LogP contribution is -2.02. The third-order valence-corrected chi connectivity index (χ3v) is 4.72. The fraction of sp³-hybridized carbons (Fsp3) is 0.222. The van der Waals surface area contributed by atoms with Crippen LogP contribution in [0.1, 0.15) is 11.1 Å². The Bertz CT molecular complexity index is 803. The normalized spacial score (nSPS) is 11.5. The zero-order valence-corrected chi connectivity index (χ0v) is 14.7. The first kappa shape index (κ1) is 17.9. The topological polar surface area (TPSA) is 61.8 Å². The van der Waals surface area contributed by atoms with Crippen molar-refractivity contribution in [2.75, 3.05) is 21.3 Å². The zero-order chi connectivity index (χ0) is 17.6. The fourth-order valence-corrected chi connectivity index (χ4v) is 3.41. The summed E-state index contributed by atoms with van der Waals surface area (Å²) in [5, 5.41) is 1.17. The summed E-state index contributed by atoms with van der Waals surface area (Å²) < 4.78 is 40.6. The van der Waals surface area contributed by atoms with Gasteiger partial charge in [0.15, 0.2) is 9.84 Å². The highest BCUT2D eigenvalue weighted by Crippen LogP contribution is 2.30. The molecule has 0 radical (unpaired) electrons. The van der Waals surface area contributed by atoms with Gasteiger partial charge in [0.25, 0.3) is 0 Å². The van der Waals surface area contributed by atoms with Gasteiger partial charge in [-0.05, 0) is 24.3 Å². The van der Waals surface area contributed by atoms with Crippen molar-refractivity contribution < 1.29 is 22.6 Å². The van der Waals surface area contributed by atoms with Crippen LogP contribution in [0.15, 0.2) is 47.9 Å². The fourth-order valence-electron chi connectivity index (χ4n) is 2.30. The standard InChI is InChI=1S/C18H20O5S/c1-21-16-8-5-4-7-14(16)13-24(19,20)12-11-15-17(22-2)9-6-10-18(15)23-3/h4-12H,13H2,1-3H3. The molecule has 5 nitrogen and oxygen atoms in total. The van der Waals surface area contributed by atoms with Gasteiger partial charge in [0.2, 0.25) is 0 Å². The average Bonchev–Trinajstić information content (AvgIpc) is 2.59. The van der Waals surface area contributed by atoms with E-state index in [4.69, 9.17) is 14.2 Å². The second-order valence-electron chi connectivity index (χ2n) is 5.00. The maximum Gasteiger partial charge on any atom is 0.175 e. The number of sulfone groups is 1. The Morgan fingerprint density at radius 3 is 1.96 bits per heavy atom. The smallest absolute Gasteiger partial charge is 0.175 e. The number of rotatable bonds is 7. The van der Waals surface area contributed by atoms with Crippen molar-refractivity contribution in [3.63, 3.8) is 0 Å². The Morgan fingerprint density at radius 2 is 1.38 bits per heavy atom. The number of para-hydroxylation sites is 1. The Balaban J connectivity index is 2.31. The van der Waals surface area contributed by atoms with Gasteiger partial charge in [-0.3, -0.25) is 0 Å². The third-order valence-electron chi connectivity index (χ3n) is 3.46. The molecular formula is C18H20O5S. The molecule has 0 aliphatic carbocycles. The largest absolute Gasteiger partial charge is 0.496 e. The first-order chi connectivity index (χ1) is 11.5. The van der Waals surface area contributed by atoms with Crippen LogP contribution < -0.4 is 14.2 Å². The molecule has 2 rings (SSSR count). The van der Waals surface area contributed by atoms with Crippen molar-refractivity contribution in [1.82, 2.24) is 0 Å². The van der Waals surface area contributed by atoms with Crippen LogP contribution >= 0.6 is 0 Å². The maximum absolute atomic E-state index is 12.4. The third kappa shape index (κ3) is 4.29. The molecule has 6 heteroatoms. The minimum Gasteiger partial charge on any atom is -0.496 e. The Labute approximate surface area is 142 Å². The number of hydrogen-bond acceptors (Lipinski definition) is 5. The molecule has 128 valence electrons. The van der Waals surface area contributed by atoms with E-state index in [2.05, 4.69) is 0 Å². The number of benzene rings is 2. The Kier molecular flexibility index (Phi) is 5.87. The number of ether oxygens (including phenoxy) is 3. The van der Waals surface area contributed by atoms with Gasteiger partial charge in [-0.1, -0.05) is 24.3 Å². The van der Waals surface area contributed by atoms with Crippen LogP contribution in [0.3, 0.4) is 0 Å². The molecule has 0 heterocycles. The molecule has 0 saturated heterocycles. The lowest BCUT2D eigenvalue weighted by atomic mass is 10.2. The predicted molar refractivity (Wildman–Crippen MR) is 94.2 cm³/mol. The quantitative estimate of drug-likeness (QED) is 0.768. The van der Waals surface area contributed by atoms with Crippen molar-refractivity contribution in [2.45, 2.75) is 5.75 Å². The molecule has 0 saturated carbocycles. The van der Waals surface area contributed by atoms with E-state index in [-0.39, 0.29) is 5.75 Å². The lowest BCUT2D eigenvalue weighted by Gasteiger charge is -2.10. The highest BCUT2D eigenvalue weighted by atomic mass is 32.2. The van der Waals surface area contributed by atoms with Crippen LogP contribution in [0.5, 0.6) is 17.2 Å². The molecule has 2 aromatic rings. The predicted octanol–water partition coefficient (Wildman–Crippen LogP) is 3.30. The van der Waals surface area contributed by atoms with Gasteiger partial charge in [-0.2, -0.15) is 0 Å². The van der Waals surface area contributed by atoms with Crippen molar-refractivity contribution >= 4 is 15.9 Å². The van der Waals surface area contributed by atoms with Gasteiger partial charge in [0.05, 0.1) is 32.6 Å². The summed E-state index contributed by atoms with van der Waals surface area (Å²) in [6.07, 6.45) is 1.49. The molecule has 0 aromatic heterocycles. The van der Waals surface area contributed by atoms with Gasteiger partial charge in [-0.25, -0.2) is 8.42 Å². The minimum absolute atomic E-state index is 0.148. The van der Waals surface area contributed by atoms with Crippen LogP contribution in [0, 0.1) is 0 Å². The Morgan fingerprint density at radius 1 is 0.833 bits per heavy atom. The second-order valence-corrected chi connectivity index (χ2v) is 6.88. The van der Waals surface area contributed by atoms with Crippen molar-refractivity contribution in [3.8, 4) is 17.2 Å². The summed E-state index contributed by atoms with van der Waals surface area (Å²) in [4.78, 5) is 0. The molecule has 24 heavy (non-hydrogen) atoms. The summed E-state index contributed by atoms with van der Waals surface area (Å²) in [6.45, 7) is 0. The summed E-state index contributed by atoms with van der Waals surface area (Å²) in [5.74, 6) is 1.48. The molecular weight excluding hydrogens is 328 g/mol.